The molecule has 3 rings (SSSR count). The molecule has 0 aromatic carbocycles. The first-order valence-electron chi connectivity index (χ1n) is 7.92. The van der Waals surface area contributed by atoms with Gasteiger partial charge >= 0.3 is 6.18 Å². The van der Waals surface area contributed by atoms with Gasteiger partial charge in [-0.25, -0.2) is 0 Å². The van der Waals surface area contributed by atoms with Crippen LogP contribution in [-0.2, 0) is 9.53 Å². The fraction of sp³-hybridized carbons (Fsp3) is 0.933. The molecule has 7 heteroatoms. The van der Waals surface area contributed by atoms with Crippen LogP contribution >= 0.6 is 0 Å². The third kappa shape index (κ3) is 2.85. The predicted molar refractivity (Wildman–Crippen MR) is 74.3 cm³/mol. The molecule has 1 aliphatic carbocycles. The zero-order valence-corrected chi connectivity index (χ0v) is 12.8. The van der Waals surface area contributed by atoms with Crippen LogP contribution in [-0.4, -0.2) is 55.4 Å². The fourth-order valence-corrected chi connectivity index (χ4v) is 3.83. The van der Waals surface area contributed by atoms with Gasteiger partial charge in [0, 0.05) is 13.1 Å². The van der Waals surface area contributed by atoms with Crippen LogP contribution in [0.5, 0.6) is 0 Å². The quantitative estimate of drug-likeness (QED) is 0.864. The van der Waals surface area contributed by atoms with Crippen LogP contribution in [0.15, 0.2) is 0 Å². The van der Waals surface area contributed by atoms with E-state index < -0.39 is 30.8 Å². The first-order valence-corrected chi connectivity index (χ1v) is 7.92. The highest BCUT2D eigenvalue weighted by molar-refractivity contribution is 5.79. The molecular weight excluding hydrogens is 297 g/mol. The summed E-state index contributed by atoms with van der Waals surface area (Å²) >= 11 is 0. The van der Waals surface area contributed by atoms with Gasteiger partial charge in [-0.1, -0.05) is 19.8 Å². The van der Waals surface area contributed by atoms with Gasteiger partial charge in [0.25, 0.3) is 0 Å². The molecule has 2 saturated heterocycles. The summed E-state index contributed by atoms with van der Waals surface area (Å²) in [6.45, 7) is 3.02. The number of alkyl halides is 3. The molecule has 1 N–H and O–H groups in total. The van der Waals surface area contributed by atoms with Gasteiger partial charge in [0.15, 0.2) is 5.54 Å². The van der Waals surface area contributed by atoms with E-state index in [0.717, 1.165) is 19.0 Å². The molecule has 2 heterocycles. The summed E-state index contributed by atoms with van der Waals surface area (Å²) in [7, 11) is 0. The van der Waals surface area contributed by atoms with Gasteiger partial charge in [0.1, 0.15) is 0 Å². The molecule has 22 heavy (non-hydrogen) atoms. The number of halogens is 3. The number of carbonyl (C=O) groups is 1. The molecule has 0 aromatic heterocycles. The smallest absolute Gasteiger partial charge is 0.376 e. The highest BCUT2D eigenvalue weighted by atomic mass is 19.4. The molecule has 0 radical (unpaired) electrons. The zero-order valence-electron chi connectivity index (χ0n) is 12.8. The lowest BCUT2D eigenvalue weighted by molar-refractivity contribution is -0.266. The van der Waals surface area contributed by atoms with E-state index in [1.807, 2.05) is 4.90 Å². The van der Waals surface area contributed by atoms with E-state index in [2.05, 4.69) is 17.0 Å². The molecule has 2 aliphatic heterocycles. The Kier molecular flexibility index (Phi) is 3.92. The minimum atomic E-state index is -4.46. The largest absolute Gasteiger partial charge is 0.416 e. The predicted octanol–water partition coefficient (Wildman–Crippen LogP) is 1.95. The number of nitrogens with zero attached hydrogens (tertiary/aromatic N) is 1. The van der Waals surface area contributed by atoms with Crippen molar-refractivity contribution in [3.8, 4) is 0 Å². The van der Waals surface area contributed by atoms with E-state index in [4.69, 9.17) is 0 Å². The molecule has 3 fully saturated rings. The highest BCUT2D eigenvalue weighted by Crippen LogP contribution is 2.45. The lowest BCUT2D eigenvalue weighted by Gasteiger charge is -2.53. The summed E-state index contributed by atoms with van der Waals surface area (Å²) in [4.78, 5) is 13.9. The molecule has 0 atom stereocenters. The summed E-state index contributed by atoms with van der Waals surface area (Å²) in [6.07, 6.45) is 0.318. The number of hydrogen-bond donors (Lipinski definition) is 1. The molecule has 126 valence electrons. The van der Waals surface area contributed by atoms with Crippen LogP contribution in [0.4, 0.5) is 13.2 Å². The number of carbonyl (C=O) groups excluding carboxylic acids is 1. The standard InChI is InChI=1S/C15H23F3N2O2/c1-11-2-4-13(5-3-11)7-20(8-13)6-12(21)19-14(9-22-10-14)15(16,17)18/h11H,2-10H2,1H3,(H,19,21). The Morgan fingerprint density at radius 1 is 1.27 bits per heavy atom. The van der Waals surface area contributed by atoms with E-state index in [9.17, 15) is 18.0 Å². The monoisotopic (exact) mass is 320 g/mol. The second-order valence-electron chi connectivity index (χ2n) is 7.45. The van der Waals surface area contributed by atoms with Gasteiger partial charge in [-0.05, 0) is 24.2 Å². The van der Waals surface area contributed by atoms with Gasteiger partial charge in [-0.15, -0.1) is 0 Å². The van der Waals surface area contributed by atoms with Crippen molar-refractivity contribution in [1.29, 1.82) is 0 Å². The van der Waals surface area contributed by atoms with Crippen LogP contribution in [0, 0.1) is 11.3 Å². The molecule has 1 amide bonds. The SMILES string of the molecule is CC1CCC2(CC1)CN(CC(=O)NC1(C(F)(F)F)COC1)C2. The Morgan fingerprint density at radius 3 is 2.32 bits per heavy atom. The van der Waals surface area contributed by atoms with Crippen molar-refractivity contribution >= 4 is 5.91 Å². The van der Waals surface area contributed by atoms with Crippen molar-refractivity contribution in [2.24, 2.45) is 11.3 Å². The second kappa shape index (κ2) is 5.37. The average molecular weight is 320 g/mol. The summed E-state index contributed by atoms with van der Waals surface area (Å²) < 4.78 is 43.6. The number of rotatable bonds is 3. The fourth-order valence-electron chi connectivity index (χ4n) is 3.83. The maximum absolute atomic E-state index is 13.0. The van der Waals surface area contributed by atoms with E-state index in [1.54, 1.807) is 0 Å². The topological polar surface area (TPSA) is 41.6 Å². The first kappa shape index (κ1) is 16.1. The normalized spacial score (nSPS) is 28.0. The Balaban J connectivity index is 1.46. The molecule has 1 saturated carbocycles. The summed E-state index contributed by atoms with van der Waals surface area (Å²) in [6, 6.07) is 0. The lowest BCUT2D eigenvalue weighted by atomic mass is 9.66. The lowest BCUT2D eigenvalue weighted by Crippen LogP contribution is -2.71. The Morgan fingerprint density at radius 2 is 1.86 bits per heavy atom. The second-order valence-corrected chi connectivity index (χ2v) is 7.45. The number of ether oxygens (including phenoxy) is 1. The highest BCUT2D eigenvalue weighted by Gasteiger charge is 2.61. The molecule has 3 aliphatic rings. The average Bonchev–Trinajstić information content (AvgIpc) is 2.33. The van der Waals surface area contributed by atoms with Crippen molar-refractivity contribution in [2.45, 2.75) is 44.3 Å². The molecule has 0 bridgehead atoms. The maximum atomic E-state index is 13.0. The number of likely N-dealkylation sites (tertiary alicyclic amines) is 1. The van der Waals surface area contributed by atoms with Crippen molar-refractivity contribution in [3.63, 3.8) is 0 Å². The summed E-state index contributed by atoms with van der Waals surface area (Å²) in [5.41, 5.74) is -1.86. The van der Waals surface area contributed by atoms with Gasteiger partial charge in [0.2, 0.25) is 5.91 Å². The summed E-state index contributed by atoms with van der Waals surface area (Å²) in [5.74, 6) is 0.216. The molecular formula is C15H23F3N2O2. The Hall–Kier alpha value is -0.820. The third-order valence-electron chi connectivity index (χ3n) is 5.44. The third-order valence-corrected chi connectivity index (χ3v) is 5.44. The van der Waals surface area contributed by atoms with E-state index in [0.29, 0.717) is 5.41 Å². The van der Waals surface area contributed by atoms with E-state index >= 15 is 0 Å². The number of amides is 1. The Labute approximate surface area is 128 Å². The van der Waals surface area contributed by atoms with Gasteiger partial charge in [0.05, 0.1) is 19.8 Å². The van der Waals surface area contributed by atoms with Crippen molar-refractivity contribution in [2.75, 3.05) is 32.8 Å². The maximum Gasteiger partial charge on any atom is 0.416 e. The van der Waals surface area contributed by atoms with Gasteiger partial charge in [-0.2, -0.15) is 13.2 Å². The molecule has 1 spiro atoms. The van der Waals surface area contributed by atoms with Crippen LogP contribution in [0.3, 0.4) is 0 Å². The van der Waals surface area contributed by atoms with Crippen LogP contribution in [0.25, 0.3) is 0 Å². The van der Waals surface area contributed by atoms with Gasteiger partial charge in [-0.3, -0.25) is 9.69 Å². The summed E-state index contributed by atoms with van der Waals surface area (Å²) in [5, 5.41) is 2.14. The molecule has 4 nitrogen and oxygen atoms in total. The van der Waals surface area contributed by atoms with E-state index in [1.165, 1.54) is 25.7 Å². The van der Waals surface area contributed by atoms with Gasteiger partial charge < -0.3 is 10.1 Å². The van der Waals surface area contributed by atoms with Crippen LogP contribution < -0.4 is 5.32 Å². The minimum absolute atomic E-state index is 0.0507. The molecule has 0 unspecified atom stereocenters. The molecule has 0 aromatic rings. The van der Waals surface area contributed by atoms with Crippen molar-refractivity contribution in [3.05, 3.63) is 0 Å². The Bertz CT molecular complexity index is 433. The van der Waals surface area contributed by atoms with Crippen LogP contribution in [0.2, 0.25) is 0 Å². The van der Waals surface area contributed by atoms with E-state index in [-0.39, 0.29) is 6.54 Å². The van der Waals surface area contributed by atoms with Crippen molar-refractivity contribution < 1.29 is 22.7 Å². The number of nitrogens with one attached hydrogen (secondary N) is 1. The number of hydrogen-bond acceptors (Lipinski definition) is 3. The zero-order chi connectivity index (χ0) is 16.0. The first-order chi connectivity index (χ1) is 10.2. The van der Waals surface area contributed by atoms with Crippen molar-refractivity contribution in [1.82, 2.24) is 10.2 Å². The van der Waals surface area contributed by atoms with Crippen LogP contribution in [0.1, 0.15) is 32.6 Å². The minimum Gasteiger partial charge on any atom is -0.376 e.